The number of methoxy groups -OCH3 is 1. The van der Waals surface area contributed by atoms with E-state index in [2.05, 4.69) is 20.1 Å². The van der Waals surface area contributed by atoms with Gasteiger partial charge in [0.1, 0.15) is 12.2 Å². The Morgan fingerprint density at radius 1 is 1.19 bits per heavy atom. The summed E-state index contributed by atoms with van der Waals surface area (Å²) >= 11 is 0. The van der Waals surface area contributed by atoms with Gasteiger partial charge < -0.3 is 24.2 Å². The molecule has 36 heavy (non-hydrogen) atoms. The molecule has 1 heterocycles. The number of ketones is 1. The number of allylic oxidation sites excluding steroid dienone is 1. The lowest BCUT2D eigenvalue weighted by Gasteiger charge is -2.52. The number of esters is 1. The summed E-state index contributed by atoms with van der Waals surface area (Å²) in [4.78, 5) is 40.0. The maximum atomic E-state index is 13.8. The third-order valence-electron chi connectivity index (χ3n) is 8.64. The fourth-order valence-electron chi connectivity index (χ4n) is 6.85. The Hall–Kier alpha value is -3.13. The Morgan fingerprint density at radius 3 is 2.50 bits per heavy atom. The number of cyclic esters (lactones) is 1. The summed E-state index contributed by atoms with van der Waals surface area (Å²) in [5, 5.41) is 11.5. The van der Waals surface area contributed by atoms with Crippen molar-refractivity contribution in [1.82, 2.24) is 4.90 Å². The first-order chi connectivity index (χ1) is 17.2. The Bertz CT molecular complexity index is 1080. The van der Waals surface area contributed by atoms with Gasteiger partial charge in [-0.25, -0.2) is 4.79 Å². The third-order valence-corrected chi connectivity index (χ3v) is 8.64. The minimum Gasteiger partial charge on any atom is -0.504 e. The van der Waals surface area contributed by atoms with Crippen molar-refractivity contribution in [3.05, 3.63) is 59.6 Å². The number of ether oxygens (including phenoxy) is 3. The minimum atomic E-state index is -0.956. The lowest BCUT2D eigenvalue weighted by atomic mass is 9.54. The minimum absolute atomic E-state index is 0.110. The zero-order valence-corrected chi connectivity index (χ0v) is 21.2. The maximum Gasteiger partial charge on any atom is 0.340 e. The summed E-state index contributed by atoms with van der Waals surface area (Å²) in [6, 6.07) is 0. The fraction of sp³-hybridized carbons (Fsp3) is 0.536. The van der Waals surface area contributed by atoms with E-state index in [1.165, 1.54) is 7.11 Å². The number of hydrogen-bond donors (Lipinski definition) is 1. The van der Waals surface area contributed by atoms with Gasteiger partial charge in [0, 0.05) is 43.0 Å². The van der Waals surface area contributed by atoms with Gasteiger partial charge in [-0.15, -0.1) is 13.2 Å². The lowest BCUT2D eigenvalue weighted by Crippen LogP contribution is -2.53. The molecule has 5 atom stereocenters. The monoisotopic (exact) mass is 497 g/mol. The van der Waals surface area contributed by atoms with Crippen molar-refractivity contribution in [2.75, 3.05) is 26.8 Å². The van der Waals surface area contributed by atoms with Crippen molar-refractivity contribution < 1.29 is 33.7 Å². The van der Waals surface area contributed by atoms with Crippen LogP contribution in [0.5, 0.6) is 0 Å². The fourth-order valence-corrected chi connectivity index (χ4v) is 6.85. The first kappa shape index (κ1) is 25.9. The van der Waals surface area contributed by atoms with E-state index < -0.39 is 34.4 Å². The number of aliphatic hydroxyl groups excluding tert-OH is 1. The number of aliphatic hydroxyl groups is 1. The number of nitrogens with zero attached hydrogens (tertiary/aromatic N) is 1. The second kappa shape index (κ2) is 9.73. The molecule has 1 saturated heterocycles. The SMILES string of the molecule is C=CCN(/C=C1/C(=O)O[C@H](COC)[C@]2(C)C3=C(C(=O)C(O)=C12)C1CC[C@H](OC=O)[C@@]1(C)CC3)CC=C. The predicted molar refractivity (Wildman–Crippen MR) is 133 cm³/mol. The summed E-state index contributed by atoms with van der Waals surface area (Å²) in [5.74, 6) is -1.69. The van der Waals surface area contributed by atoms with Crippen LogP contribution < -0.4 is 0 Å². The average Bonchev–Trinajstić information content (AvgIpc) is 3.17. The van der Waals surface area contributed by atoms with Crippen molar-refractivity contribution in [1.29, 1.82) is 0 Å². The molecule has 1 N–H and O–H groups in total. The van der Waals surface area contributed by atoms with E-state index in [0.29, 0.717) is 50.8 Å². The van der Waals surface area contributed by atoms with Crippen LogP contribution in [-0.2, 0) is 28.6 Å². The second-order valence-electron chi connectivity index (χ2n) is 10.4. The molecule has 1 unspecified atom stereocenters. The molecular weight excluding hydrogens is 462 g/mol. The van der Waals surface area contributed by atoms with Crippen molar-refractivity contribution in [3.63, 3.8) is 0 Å². The van der Waals surface area contributed by atoms with Crippen molar-refractivity contribution >= 4 is 18.2 Å². The van der Waals surface area contributed by atoms with E-state index >= 15 is 0 Å². The molecule has 8 nitrogen and oxygen atoms in total. The van der Waals surface area contributed by atoms with Crippen LogP contribution >= 0.6 is 0 Å². The molecule has 0 bridgehead atoms. The van der Waals surface area contributed by atoms with Crippen LogP contribution in [0.15, 0.2) is 59.6 Å². The van der Waals surface area contributed by atoms with Gasteiger partial charge in [-0.05, 0) is 44.1 Å². The summed E-state index contributed by atoms with van der Waals surface area (Å²) in [6.45, 7) is 13.0. The number of Topliss-reactive ketones (excluding diaryl/α,β-unsaturated/α-hetero) is 1. The third kappa shape index (κ3) is 3.74. The Labute approximate surface area is 212 Å². The molecule has 0 spiro atoms. The molecule has 3 aliphatic carbocycles. The first-order valence-electron chi connectivity index (χ1n) is 12.4. The van der Waals surface area contributed by atoms with Gasteiger partial charge >= 0.3 is 5.97 Å². The molecule has 4 rings (SSSR count). The summed E-state index contributed by atoms with van der Waals surface area (Å²) in [7, 11) is 1.53. The van der Waals surface area contributed by atoms with Crippen LogP contribution in [0, 0.1) is 16.7 Å². The highest BCUT2D eigenvalue weighted by Gasteiger charge is 2.61. The van der Waals surface area contributed by atoms with Crippen LogP contribution in [0.3, 0.4) is 0 Å². The summed E-state index contributed by atoms with van der Waals surface area (Å²) < 4.78 is 16.8. The largest absolute Gasteiger partial charge is 0.504 e. The average molecular weight is 498 g/mol. The van der Waals surface area contributed by atoms with Gasteiger partial charge in [0.05, 0.1) is 17.6 Å². The van der Waals surface area contributed by atoms with Gasteiger partial charge in [-0.2, -0.15) is 0 Å². The van der Waals surface area contributed by atoms with Crippen molar-refractivity contribution in [3.8, 4) is 0 Å². The van der Waals surface area contributed by atoms with Gasteiger partial charge in [0.2, 0.25) is 5.78 Å². The highest BCUT2D eigenvalue weighted by Crippen LogP contribution is 2.63. The van der Waals surface area contributed by atoms with E-state index in [4.69, 9.17) is 14.2 Å². The second-order valence-corrected chi connectivity index (χ2v) is 10.4. The maximum absolute atomic E-state index is 13.8. The van der Waals surface area contributed by atoms with Gasteiger partial charge in [-0.3, -0.25) is 9.59 Å². The van der Waals surface area contributed by atoms with E-state index in [9.17, 15) is 19.5 Å². The van der Waals surface area contributed by atoms with Gasteiger partial charge in [-0.1, -0.05) is 19.1 Å². The van der Waals surface area contributed by atoms with Crippen LogP contribution in [0.1, 0.15) is 39.5 Å². The lowest BCUT2D eigenvalue weighted by molar-refractivity contribution is -0.156. The Kier molecular flexibility index (Phi) is 7.01. The Morgan fingerprint density at radius 2 is 1.89 bits per heavy atom. The summed E-state index contributed by atoms with van der Waals surface area (Å²) in [5.41, 5.74) is 0.501. The number of fused-ring (bicyclic) bond motifs is 4. The van der Waals surface area contributed by atoms with Crippen molar-refractivity contribution in [2.24, 2.45) is 16.7 Å². The number of rotatable bonds is 9. The molecule has 0 aromatic heterocycles. The van der Waals surface area contributed by atoms with Crippen LogP contribution in [-0.4, -0.2) is 67.2 Å². The van der Waals surface area contributed by atoms with E-state index in [-0.39, 0.29) is 29.8 Å². The number of carbonyl (C=O) groups excluding carboxylic acids is 3. The smallest absolute Gasteiger partial charge is 0.340 e. The van der Waals surface area contributed by atoms with E-state index in [1.54, 1.807) is 18.4 Å². The molecule has 8 heteroatoms. The molecule has 1 saturated carbocycles. The van der Waals surface area contributed by atoms with Crippen molar-refractivity contribution in [2.45, 2.75) is 51.7 Å². The molecule has 0 aromatic carbocycles. The number of hydrogen-bond acceptors (Lipinski definition) is 8. The Balaban J connectivity index is 1.90. The standard InChI is InChI=1S/C28H35NO7/c1-6-12-29(13-7-2)14-17-23-25(32)24(31)22-18-8-9-20(35-16-30)27(18,3)11-10-19(22)28(23,4)21(15-34-5)36-26(17)33/h6-7,14,16,18,20-21,32H,1-2,8-13,15H2,3-5H3/b17-14+/t18?,20-,21+,27-,28-/m0/s1. The highest BCUT2D eigenvalue weighted by molar-refractivity contribution is 6.12. The molecule has 0 radical (unpaired) electrons. The first-order valence-corrected chi connectivity index (χ1v) is 12.4. The molecule has 1 aliphatic heterocycles. The molecule has 2 fully saturated rings. The van der Waals surface area contributed by atoms with Crippen LogP contribution in [0.25, 0.3) is 0 Å². The molecule has 0 aromatic rings. The van der Waals surface area contributed by atoms with Crippen LogP contribution in [0.2, 0.25) is 0 Å². The van der Waals surface area contributed by atoms with Gasteiger partial charge in [0.15, 0.2) is 5.76 Å². The molecule has 4 aliphatic rings. The zero-order chi connectivity index (χ0) is 26.3. The topological polar surface area (TPSA) is 102 Å². The number of carbonyl (C=O) groups is 3. The highest BCUT2D eigenvalue weighted by atomic mass is 16.6. The molecule has 194 valence electrons. The quantitative estimate of drug-likeness (QED) is 0.223. The zero-order valence-electron chi connectivity index (χ0n) is 21.2. The van der Waals surface area contributed by atoms with E-state index in [1.807, 2.05) is 11.8 Å². The van der Waals surface area contributed by atoms with E-state index in [0.717, 1.165) is 5.57 Å². The normalized spacial score (nSPS) is 34.5. The summed E-state index contributed by atoms with van der Waals surface area (Å²) in [6.07, 6.45) is 6.58. The van der Waals surface area contributed by atoms with Crippen LogP contribution in [0.4, 0.5) is 0 Å². The molecule has 0 amide bonds. The van der Waals surface area contributed by atoms with Gasteiger partial charge in [0.25, 0.3) is 6.47 Å². The predicted octanol–water partition coefficient (Wildman–Crippen LogP) is 3.57. The molecular formula is C28H35NO7.